The van der Waals surface area contributed by atoms with E-state index in [1.807, 2.05) is 6.92 Å². The predicted octanol–water partition coefficient (Wildman–Crippen LogP) is 3.90. The Bertz CT molecular complexity index is 585. The van der Waals surface area contributed by atoms with Crippen molar-refractivity contribution in [2.45, 2.75) is 25.9 Å². The van der Waals surface area contributed by atoms with Crippen molar-refractivity contribution in [1.29, 1.82) is 0 Å². The molecule has 0 bridgehead atoms. The lowest BCUT2D eigenvalue weighted by Crippen LogP contribution is -2.19. The van der Waals surface area contributed by atoms with Gasteiger partial charge in [0.05, 0.1) is 23.0 Å². The van der Waals surface area contributed by atoms with Crippen molar-refractivity contribution >= 4 is 27.5 Å². The Balaban J connectivity index is 2.43. The standard InChI is InChI=1S/C13H14BrClFN3/c1-2-5-19-13(10(15)7-18-19)12(17)9-4-3-8(14)6-11(9)16/h3-4,6-7,12H,2,5,17H2,1H3. The third-order valence-electron chi connectivity index (χ3n) is 2.86. The van der Waals surface area contributed by atoms with E-state index >= 15 is 0 Å². The fourth-order valence-electron chi connectivity index (χ4n) is 1.97. The van der Waals surface area contributed by atoms with Gasteiger partial charge in [0.1, 0.15) is 5.82 Å². The number of hydrogen-bond donors (Lipinski definition) is 1. The topological polar surface area (TPSA) is 43.8 Å². The number of aromatic nitrogens is 2. The van der Waals surface area contributed by atoms with Crippen molar-refractivity contribution in [2.75, 3.05) is 0 Å². The smallest absolute Gasteiger partial charge is 0.129 e. The molecule has 0 radical (unpaired) electrons. The van der Waals surface area contributed by atoms with Crippen LogP contribution in [0.1, 0.15) is 30.6 Å². The van der Waals surface area contributed by atoms with E-state index in [-0.39, 0.29) is 5.82 Å². The molecule has 1 aromatic heterocycles. The zero-order valence-corrected chi connectivity index (χ0v) is 12.7. The Hall–Kier alpha value is -0.910. The van der Waals surface area contributed by atoms with Gasteiger partial charge < -0.3 is 5.73 Å². The molecule has 1 unspecified atom stereocenters. The number of halogens is 3. The van der Waals surface area contributed by atoms with E-state index < -0.39 is 6.04 Å². The van der Waals surface area contributed by atoms with Gasteiger partial charge in [-0.1, -0.05) is 40.5 Å². The summed E-state index contributed by atoms with van der Waals surface area (Å²) in [6.45, 7) is 2.74. The first kappa shape index (κ1) is 14.5. The Morgan fingerprint density at radius 2 is 2.26 bits per heavy atom. The minimum atomic E-state index is -0.630. The van der Waals surface area contributed by atoms with E-state index in [1.54, 1.807) is 23.0 Å². The Kier molecular flexibility index (Phi) is 4.60. The molecule has 0 amide bonds. The van der Waals surface area contributed by atoms with Crippen LogP contribution >= 0.6 is 27.5 Å². The van der Waals surface area contributed by atoms with Crippen LogP contribution in [0.15, 0.2) is 28.9 Å². The van der Waals surface area contributed by atoms with Crippen LogP contribution in [0.3, 0.4) is 0 Å². The van der Waals surface area contributed by atoms with Crippen molar-refractivity contribution in [3.8, 4) is 0 Å². The molecule has 0 saturated heterocycles. The van der Waals surface area contributed by atoms with E-state index in [0.717, 1.165) is 6.42 Å². The van der Waals surface area contributed by atoms with Gasteiger partial charge in [-0.15, -0.1) is 0 Å². The highest BCUT2D eigenvalue weighted by Crippen LogP contribution is 2.29. The molecule has 1 aromatic carbocycles. The van der Waals surface area contributed by atoms with Crippen LogP contribution in [0.25, 0.3) is 0 Å². The van der Waals surface area contributed by atoms with Crippen LogP contribution in [0.2, 0.25) is 5.02 Å². The third-order valence-corrected chi connectivity index (χ3v) is 3.65. The Morgan fingerprint density at radius 1 is 1.53 bits per heavy atom. The third kappa shape index (κ3) is 2.99. The lowest BCUT2D eigenvalue weighted by atomic mass is 10.0. The molecule has 2 aromatic rings. The maximum atomic E-state index is 14.0. The van der Waals surface area contributed by atoms with Gasteiger partial charge in [-0.2, -0.15) is 5.10 Å². The lowest BCUT2D eigenvalue weighted by molar-refractivity contribution is 0.545. The maximum Gasteiger partial charge on any atom is 0.129 e. The van der Waals surface area contributed by atoms with Gasteiger partial charge >= 0.3 is 0 Å². The highest BCUT2D eigenvalue weighted by molar-refractivity contribution is 9.10. The number of hydrogen-bond acceptors (Lipinski definition) is 2. The molecule has 102 valence electrons. The summed E-state index contributed by atoms with van der Waals surface area (Å²) in [4.78, 5) is 0. The number of benzene rings is 1. The summed E-state index contributed by atoms with van der Waals surface area (Å²) in [6, 6.07) is 4.18. The summed E-state index contributed by atoms with van der Waals surface area (Å²) in [6.07, 6.45) is 2.45. The molecule has 1 atom stereocenters. The second-order valence-electron chi connectivity index (χ2n) is 4.24. The van der Waals surface area contributed by atoms with E-state index in [0.29, 0.717) is 27.3 Å². The van der Waals surface area contributed by atoms with E-state index in [4.69, 9.17) is 17.3 Å². The fourth-order valence-corrected chi connectivity index (χ4v) is 2.56. The first-order chi connectivity index (χ1) is 9.04. The summed E-state index contributed by atoms with van der Waals surface area (Å²) in [5.41, 5.74) is 7.19. The van der Waals surface area contributed by atoms with Gasteiger partial charge in [-0.05, 0) is 18.6 Å². The van der Waals surface area contributed by atoms with E-state index in [1.165, 1.54) is 6.07 Å². The van der Waals surface area contributed by atoms with Crippen LogP contribution in [0, 0.1) is 5.82 Å². The molecule has 0 saturated carbocycles. The van der Waals surface area contributed by atoms with Crippen LogP contribution in [0.5, 0.6) is 0 Å². The number of aryl methyl sites for hydroxylation is 1. The van der Waals surface area contributed by atoms with Crippen molar-refractivity contribution in [3.63, 3.8) is 0 Å². The predicted molar refractivity (Wildman–Crippen MR) is 77.7 cm³/mol. The number of rotatable bonds is 4. The molecule has 0 aliphatic rings. The summed E-state index contributed by atoms with van der Waals surface area (Å²) in [5.74, 6) is -0.359. The molecule has 1 heterocycles. The molecular formula is C13H14BrClFN3. The Morgan fingerprint density at radius 3 is 2.89 bits per heavy atom. The highest BCUT2D eigenvalue weighted by atomic mass is 79.9. The molecule has 0 aliphatic carbocycles. The summed E-state index contributed by atoms with van der Waals surface area (Å²) < 4.78 is 16.4. The van der Waals surface area contributed by atoms with Gasteiger partial charge in [-0.25, -0.2) is 4.39 Å². The molecule has 6 heteroatoms. The molecule has 0 spiro atoms. The molecular weight excluding hydrogens is 333 g/mol. The molecule has 19 heavy (non-hydrogen) atoms. The molecule has 0 aliphatic heterocycles. The van der Waals surface area contributed by atoms with Gasteiger partial charge in [-0.3, -0.25) is 4.68 Å². The van der Waals surface area contributed by atoms with Crippen molar-refractivity contribution in [1.82, 2.24) is 9.78 Å². The Labute approximate surface area is 124 Å². The highest BCUT2D eigenvalue weighted by Gasteiger charge is 2.21. The quantitative estimate of drug-likeness (QED) is 0.912. The molecule has 0 fully saturated rings. The molecule has 2 N–H and O–H groups in total. The van der Waals surface area contributed by atoms with Crippen LogP contribution in [-0.4, -0.2) is 9.78 Å². The maximum absolute atomic E-state index is 14.0. The molecule has 2 rings (SSSR count). The number of nitrogens with zero attached hydrogens (tertiary/aromatic N) is 2. The monoisotopic (exact) mass is 345 g/mol. The number of nitrogens with two attached hydrogens (primary N) is 1. The van der Waals surface area contributed by atoms with Gasteiger partial charge in [0.25, 0.3) is 0 Å². The van der Waals surface area contributed by atoms with Crippen molar-refractivity contribution in [2.24, 2.45) is 5.73 Å². The second kappa shape index (κ2) is 6.03. The van der Waals surface area contributed by atoms with Crippen LogP contribution in [0.4, 0.5) is 4.39 Å². The summed E-state index contributed by atoms with van der Waals surface area (Å²) in [7, 11) is 0. The van der Waals surface area contributed by atoms with Crippen LogP contribution < -0.4 is 5.73 Å². The average molecular weight is 347 g/mol. The minimum Gasteiger partial charge on any atom is -0.319 e. The SMILES string of the molecule is CCCn1ncc(Cl)c1C(N)c1ccc(Br)cc1F. The zero-order valence-electron chi connectivity index (χ0n) is 10.4. The van der Waals surface area contributed by atoms with Crippen molar-refractivity contribution < 1.29 is 4.39 Å². The van der Waals surface area contributed by atoms with E-state index in [9.17, 15) is 4.39 Å². The zero-order chi connectivity index (χ0) is 14.0. The average Bonchev–Trinajstić information content (AvgIpc) is 2.70. The molecule has 3 nitrogen and oxygen atoms in total. The second-order valence-corrected chi connectivity index (χ2v) is 5.57. The van der Waals surface area contributed by atoms with Gasteiger partial charge in [0.15, 0.2) is 0 Å². The first-order valence-electron chi connectivity index (χ1n) is 5.96. The lowest BCUT2D eigenvalue weighted by Gasteiger charge is -2.16. The first-order valence-corrected chi connectivity index (χ1v) is 7.13. The summed E-state index contributed by atoms with van der Waals surface area (Å²) in [5, 5.41) is 4.63. The normalized spacial score (nSPS) is 12.7. The minimum absolute atomic E-state index is 0.359. The van der Waals surface area contributed by atoms with Gasteiger partial charge in [0, 0.05) is 16.6 Å². The largest absolute Gasteiger partial charge is 0.319 e. The van der Waals surface area contributed by atoms with Gasteiger partial charge in [0.2, 0.25) is 0 Å². The van der Waals surface area contributed by atoms with Crippen LogP contribution in [-0.2, 0) is 6.54 Å². The fraction of sp³-hybridized carbons (Fsp3) is 0.308. The summed E-state index contributed by atoms with van der Waals surface area (Å²) >= 11 is 9.34. The van der Waals surface area contributed by atoms with E-state index in [2.05, 4.69) is 21.0 Å². The van der Waals surface area contributed by atoms with Crippen molar-refractivity contribution in [3.05, 3.63) is 51.0 Å².